The third-order valence-corrected chi connectivity index (χ3v) is 4.75. The molecule has 1 fully saturated rings. The summed E-state index contributed by atoms with van der Waals surface area (Å²) in [4.78, 5) is 1.39. The van der Waals surface area contributed by atoms with E-state index >= 15 is 0 Å². The van der Waals surface area contributed by atoms with E-state index in [9.17, 15) is 0 Å². The summed E-state index contributed by atoms with van der Waals surface area (Å²) in [5.74, 6) is 0.838. The fourth-order valence-corrected chi connectivity index (χ4v) is 3.82. The van der Waals surface area contributed by atoms with Gasteiger partial charge in [0.2, 0.25) is 0 Å². The third-order valence-electron chi connectivity index (χ3n) is 3.53. The molecule has 2 N–H and O–H groups in total. The summed E-state index contributed by atoms with van der Waals surface area (Å²) in [6.45, 7) is 4.17. The summed E-state index contributed by atoms with van der Waals surface area (Å²) in [5, 5.41) is 20.3. The van der Waals surface area contributed by atoms with Gasteiger partial charge in [0, 0.05) is 4.88 Å². The molecule has 17 heavy (non-hydrogen) atoms. The molecule has 0 spiro atoms. The topological polar surface area (TPSA) is 66.5 Å². The van der Waals surface area contributed by atoms with Crippen molar-refractivity contribution in [3.8, 4) is 0 Å². The Kier molecular flexibility index (Phi) is 2.68. The number of hydrogen-bond donors (Lipinski definition) is 2. The van der Waals surface area contributed by atoms with E-state index < -0.39 is 0 Å². The average molecular weight is 249 g/mol. The summed E-state index contributed by atoms with van der Waals surface area (Å²) in [6, 6.07) is 2.17. The lowest BCUT2D eigenvalue weighted by Gasteiger charge is -2.34. The highest BCUT2D eigenvalue weighted by Gasteiger charge is 2.41. The minimum absolute atomic E-state index is 0.0451. The van der Waals surface area contributed by atoms with Crippen molar-refractivity contribution in [2.24, 2.45) is 0 Å². The molecule has 0 amide bonds. The first-order valence-electron chi connectivity index (χ1n) is 5.82. The van der Waals surface area contributed by atoms with Crippen LogP contribution in [0.5, 0.6) is 0 Å². The van der Waals surface area contributed by atoms with Crippen molar-refractivity contribution in [2.75, 3.05) is 13.1 Å². The summed E-state index contributed by atoms with van der Waals surface area (Å²) >= 11 is 1.80. The first-order valence-corrected chi connectivity index (χ1v) is 6.70. The lowest BCUT2D eigenvalue weighted by atomic mass is 9.76. The van der Waals surface area contributed by atoms with Crippen LogP contribution in [-0.2, 0) is 5.41 Å². The Labute approximate surface area is 104 Å². The van der Waals surface area contributed by atoms with Gasteiger partial charge in [0.15, 0.2) is 5.82 Å². The van der Waals surface area contributed by atoms with E-state index in [1.807, 2.05) is 0 Å². The number of aromatic nitrogens is 4. The van der Waals surface area contributed by atoms with Crippen LogP contribution in [0.3, 0.4) is 0 Å². The fourth-order valence-electron chi connectivity index (χ4n) is 2.63. The molecule has 0 radical (unpaired) electrons. The molecule has 6 heteroatoms. The highest BCUT2D eigenvalue weighted by Crippen LogP contribution is 2.42. The van der Waals surface area contributed by atoms with Crippen molar-refractivity contribution in [2.45, 2.75) is 25.2 Å². The molecule has 90 valence electrons. The lowest BCUT2D eigenvalue weighted by Crippen LogP contribution is -2.41. The zero-order valence-corrected chi connectivity index (χ0v) is 10.5. The van der Waals surface area contributed by atoms with Gasteiger partial charge in [0.25, 0.3) is 0 Å². The van der Waals surface area contributed by atoms with Gasteiger partial charge in [-0.05, 0) is 49.9 Å². The molecule has 1 saturated heterocycles. The maximum absolute atomic E-state index is 4.24. The summed E-state index contributed by atoms with van der Waals surface area (Å²) in [6.07, 6.45) is 2.07. The Morgan fingerprint density at radius 1 is 1.35 bits per heavy atom. The smallest absolute Gasteiger partial charge is 0.185 e. The molecule has 0 saturated carbocycles. The number of aromatic amines is 1. The van der Waals surface area contributed by atoms with Crippen molar-refractivity contribution < 1.29 is 0 Å². The first kappa shape index (κ1) is 10.9. The van der Waals surface area contributed by atoms with Crippen LogP contribution in [-0.4, -0.2) is 33.7 Å². The Balaban J connectivity index is 2.11. The van der Waals surface area contributed by atoms with Crippen molar-refractivity contribution in [3.63, 3.8) is 0 Å². The zero-order chi connectivity index (χ0) is 11.7. The van der Waals surface area contributed by atoms with Gasteiger partial charge in [-0.15, -0.1) is 21.5 Å². The lowest BCUT2D eigenvalue weighted by molar-refractivity contribution is 0.350. The molecule has 2 aromatic rings. The number of tetrazole rings is 1. The highest BCUT2D eigenvalue weighted by atomic mass is 32.1. The summed E-state index contributed by atoms with van der Waals surface area (Å²) < 4.78 is 0. The minimum Gasteiger partial charge on any atom is -0.317 e. The van der Waals surface area contributed by atoms with Gasteiger partial charge < -0.3 is 5.32 Å². The van der Waals surface area contributed by atoms with Crippen LogP contribution in [0.15, 0.2) is 11.4 Å². The van der Waals surface area contributed by atoms with E-state index in [2.05, 4.69) is 44.3 Å². The number of piperidine rings is 1. The fraction of sp³-hybridized carbons (Fsp3) is 0.545. The number of hydrogen-bond acceptors (Lipinski definition) is 5. The van der Waals surface area contributed by atoms with Crippen LogP contribution in [0, 0.1) is 6.92 Å². The molecule has 1 aliphatic rings. The van der Waals surface area contributed by atoms with Gasteiger partial charge in [-0.3, -0.25) is 0 Å². The largest absolute Gasteiger partial charge is 0.317 e. The number of thiophene rings is 1. The molecule has 1 aliphatic heterocycles. The normalized spacial score (nSPS) is 19.4. The van der Waals surface area contributed by atoms with Crippen LogP contribution in [0.25, 0.3) is 0 Å². The van der Waals surface area contributed by atoms with E-state index in [4.69, 9.17) is 0 Å². The van der Waals surface area contributed by atoms with Crippen LogP contribution in [0.4, 0.5) is 0 Å². The number of nitrogens with zero attached hydrogens (tertiary/aromatic N) is 3. The Morgan fingerprint density at radius 3 is 2.76 bits per heavy atom. The van der Waals surface area contributed by atoms with E-state index in [0.29, 0.717) is 0 Å². The number of aryl methyl sites for hydroxylation is 1. The molecule has 0 aliphatic carbocycles. The maximum atomic E-state index is 4.24. The number of rotatable bonds is 2. The summed E-state index contributed by atoms with van der Waals surface area (Å²) in [5.41, 5.74) is 1.29. The second kappa shape index (κ2) is 4.19. The van der Waals surface area contributed by atoms with Gasteiger partial charge in [0.1, 0.15) is 0 Å². The van der Waals surface area contributed by atoms with Crippen molar-refractivity contribution >= 4 is 11.3 Å². The summed E-state index contributed by atoms with van der Waals surface area (Å²) in [7, 11) is 0. The van der Waals surface area contributed by atoms with E-state index in [-0.39, 0.29) is 5.41 Å². The van der Waals surface area contributed by atoms with E-state index in [1.54, 1.807) is 11.3 Å². The zero-order valence-electron chi connectivity index (χ0n) is 9.73. The second-order valence-corrected chi connectivity index (χ2v) is 5.42. The van der Waals surface area contributed by atoms with Crippen molar-refractivity contribution in [1.82, 2.24) is 25.9 Å². The molecule has 0 bridgehead atoms. The van der Waals surface area contributed by atoms with Crippen LogP contribution < -0.4 is 5.32 Å². The van der Waals surface area contributed by atoms with Gasteiger partial charge in [-0.2, -0.15) is 5.21 Å². The van der Waals surface area contributed by atoms with Gasteiger partial charge >= 0.3 is 0 Å². The molecule has 5 nitrogen and oxygen atoms in total. The van der Waals surface area contributed by atoms with Crippen molar-refractivity contribution in [1.29, 1.82) is 0 Å². The molecule has 2 aromatic heterocycles. The molecule has 0 atom stereocenters. The van der Waals surface area contributed by atoms with Crippen LogP contribution in [0.1, 0.15) is 29.1 Å². The Bertz CT molecular complexity index is 484. The van der Waals surface area contributed by atoms with Gasteiger partial charge in [-0.1, -0.05) is 5.21 Å². The predicted octanol–water partition coefficient (Wildman–Crippen LogP) is 1.24. The van der Waals surface area contributed by atoms with Gasteiger partial charge in [0.05, 0.1) is 5.41 Å². The van der Waals surface area contributed by atoms with E-state index in [0.717, 1.165) is 31.8 Å². The Hall–Kier alpha value is -1.27. The van der Waals surface area contributed by atoms with E-state index in [1.165, 1.54) is 10.4 Å². The molecular weight excluding hydrogens is 234 g/mol. The van der Waals surface area contributed by atoms with Crippen molar-refractivity contribution in [3.05, 3.63) is 27.7 Å². The van der Waals surface area contributed by atoms with Gasteiger partial charge in [-0.25, -0.2) is 0 Å². The number of H-pyrrole nitrogens is 1. The quantitative estimate of drug-likeness (QED) is 0.840. The molecular formula is C11H15N5S. The molecule has 0 unspecified atom stereocenters. The third kappa shape index (κ3) is 1.68. The molecule has 0 aromatic carbocycles. The monoisotopic (exact) mass is 249 g/mol. The standard InChI is InChI=1S/C11H15N5S/c1-8-2-7-17-9(8)11(3-5-12-6-4-11)10-13-15-16-14-10/h2,7,12H,3-6H2,1H3,(H,13,14,15,16). The number of nitrogens with one attached hydrogen (secondary N) is 2. The minimum atomic E-state index is -0.0451. The molecule has 3 rings (SSSR count). The second-order valence-electron chi connectivity index (χ2n) is 4.50. The Morgan fingerprint density at radius 2 is 2.18 bits per heavy atom. The van der Waals surface area contributed by atoms with Crippen LogP contribution in [0.2, 0.25) is 0 Å². The average Bonchev–Trinajstić information content (AvgIpc) is 3.01. The van der Waals surface area contributed by atoms with Crippen LogP contribution >= 0.6 is 11.3 Å². The predicted molar refractivity (Wildman–Crippen MR) is 66.1 cm³/mol. The SMILES string of the molecule is Cc1ccsc1C1(c2nn[nH]n2)CCNCC1. The maximum Gasteiger partial charge on any atom is 0.185 e. The highest BCUT2D eigenvalue weighted by molar-refractivity contribution is 7.10. The molecule has 3 heterocycles. The first-order chi connectivity index (χ1) is 8.33.